The second kappa shape index (κ2) is 6.01. The van der Waals surface area contributed by atoms with Crippen LogP contribution >= 0.6 is 0 Å². The Morgan fingerprint density at radius 1 is 1.00 bits per heavy atom. The molecule has 0 saturated carbocycles. The molecule has 118 valence electrons. The summed E-state index contributed by atoms with van der Waals surface area (Å²) in [6.07, 6.45) is 0.404. The molecule has 0 fully saturated rings. The van der Waals surface area contributed by atoms with Gasteiger partial charge in [-0.3, -0.25) is 0 Å². The van der Waals surface area contributed by atoms with Crippen LogP contribution in [0.1, 0.15) is 30.6 Å². The number of rotatable bonds is 4. The minimum absolute atomic E-state index is 0.194. The number of fused-ring (bicyclic) bond motifs is 2. The van der Waals surface area contributed by atoms with E-state index < -0.39 is 5.60 Å². The summed E-state index contributed by atoms with van der Waals surface area (Å²) < 4.78 is 5.42. The van der Waals surface area contributed by atoms with Gasteiger partial charge in [-0.1, -0.05) is 48.5 Å². The molecule has 0 radical (unpaired) electrons. The lowest BCUT2D eigenvalue weighted by atomic mass is 9.97. The normalized spacial score (nSPS) is 11.8. The van der Waals surface area contributed by atoms with Gasteiger partial charge in [0.2, 0.25) is 0 Å². The molecule has 0 aliphatic heterocycles. The second-order valence-electron chi connectivity index (χ2n) is 6.39. The van der Waals surface area contributed by atoms with Crippen molar-refractivity contribution in [2.24, 2.45) is 0 Å². The zero-order valence-corrected chi connectivity index (χ0v) is 13.4. The Kier molecular flexibility index (Phi) is 4.05. The lowest BCUT2D eigenvalue weighted by Gasteiger charge is -2.17. The van der Waals surface area contributed by atoms with Gasteiger partial charge in [-0.15, -0.1) is 0 Å². The predicted octanol–water partition coefficient (Wildman–Crippen LogP) is 4.31. The number of esters is 1. The predicted molar refractivity (Wildman–Crippen MR) is 92.7 cm³/mol. The minimum atomic E-state index is -0.846. The van der Waals surface area contributed by atoms with Gasteiger partial charge in [-0.25, -0.2) is 4.79 Å². The quantitative estimate of drug-likeness (QED) is 0.577. The first kappa shape index (κ1) is 15.5. The summed E-state index contributed by atoms with van der Waals surface area (Å²) in [5.41, 5.74) is -0.254. The van der Waals surface area contributed by atoms with E-state index in [0.717, 1.165) is 21.5 Å². The molecule has 0 heterocycles. The van der Waals surface area contributed by atoms with Gasteiger partial charge in [0.15, 0.2) is 0 Å². The third-order valence-electron chi connectivity index (χ3n) is 3.92. The van der Waals surface area contributed by atoms with Crippen molar-refractivity contribution < 1.29 is 14.6 Å². The van der Waals surface area contributed by atoms with Crippen LogP contribution < -0.4 is 0 Å². The van der Waals surface area contributed by atoms with Gasteiger partial charge in [0.25, 0.3) is 0 Å². The Morgan fingerprint density at radius 2 is 1.52 bits per heavy atom. The fraction of sp³-hybridized carbons (Fsp3) is 0.250. The Balaban J connectivity index is 2.04. The smallest absolute Gasteiger partial charge is 0.339 e. The Labute approximate surface area is 135 Å². The fourth-order valence-electron chi connectivity index (χ4n) is 2.70. The molecule has 0 bridgehead atoms. The maximum Gasteiger partial charge on any atom is 0.339 e. The van der Waals surface area contributed by atoms with Crippen molar-refractivity contribution in [2.45, 2.75) is 25.9 Å². The third kappa shape index (κ3) is 3.35. The highest BCUT2D eigenvalue weighted by Crippen LogP contribution is 2.29. The van der Waals surface area contributed by atoms with E-state index in [1.807, 2.05) is 48.5 Å². The summed E-state index contributed by atoms with van der Waals surface area (Å²) >= 11 is 0. The summed E-state index contributed by atoms with van der Waals surface area (Å²) in [6.45, 7) is 3.60. The molecule has 3 aromatic carbocycles. The summed E-state index contributed by atoms with van der Waals surface area (Å²) in [7, 11) is 0. The molecule has 0 saturated heterocycles. The molecule has 23 heavy (non-hydrogen) atoms. The Hall–Kier alpha value is -2.39. The van der Waals surface area contributed by atoms with Gasteiger partial charge in [-0.2, -0.15) is 0 Å². The number of carbonyl (C=O) groups excluding carboxylic acids is 1. The molecule has 0 aliphatic rings. The lowest BCUT2D eigenvalue weighted by Crippen LogP contribution is -2.22. The monoisotopic (exact) mass is 308 g/mol. The topological polar surface area (TPSA) is 46.5 Å². The zero-order chi connectivity index (χ0) is 16.4. The molecular weight excluding hydrogens is 288 g/mol. The van der Waals surface area contributed by atoms with E-state index in [2.05, 4.69) is 6.07 Å². The number of ether oxygens (including phenoxy) is 1. The molecule has 0 amide bonds. The van der Waals surface area contributed by atoms with Gasteiger partial charge < -0.3 is 9.84 Å². The maximum absolute atomic E-state index is 12.7. The van der Waals surface area contributed by atoms with Crippen molar-refractivity contribution in [2.75, 3.05) is 6.61 Å². The Morgan fingerprint density at radius 3 is 2.04 bits per heavy atom. The highest BCUT2D eigenvalue weighted by molar-refractivity contribution is 6.16. The average molecular weight is 308 g/mol. The van der Waals surface area contributed by atoms with Crippen LogP contribution in [-0.2, 0) is 4.74 Å². The molecule has 0 atom stereocenters. The van der Waals surface area contributed by atoms with Gasteiger partial charge >= 0.3 is 5.97 Å². The SMILES string of the molecule is CC(C)(O)CCOC(=O)c1c2ccccc2cc2ccccc12. The van der Waals surface area contributed by atoms with Crippen molar-refractivity contribution in [3.8, 4) is 0 Å². The molecule has 0 spiro atoms. The van der Waals surface area contributed by atoms with Crippen LogP contribution in [0.5, 0.6) is 0 Å². The van der Waals surface area contributed by atoms with Crippen LogP contribution in [0.25, 0.3) is 21.5 Å². The van der Waals surface area contributed by atoms with E-state index in [0.29, 0.717) is 12.0 Å². The molecule has 0 unspecified atom stereocenters. The van der Waals surface area contributed by atoms with Crippen molar-refractivity contribution in [3.63, 3.8) is 0 Å². The third-order valence-corrected chi connectivity index (χ3v) is 3.92. The second-order valence-corrected chi connectivity index (χ2v) is 6.39. The van der Waals surface area contributed by atoms with Crippen molar-refractivity contribution in [1.82, 2.24) is 0 Å². The van der Waals surface area contributed by atoms with Gasteiger partial charge in [0.05, 0.1) is 17.8 Å². The molecule has 0 aromatic heterocycles. The minimum Gasteiger partial charge on any atom is -0.462 e. The van der Waals surface area contributed by atoms with E-state index in [1.165, 1.54) is 0 Å². The van der Waals surface area contributed by atoms with Crippen molar-refractivity contribution in [3.05, 3.63) is 60.2 Å². The van der Waals surface area contributed by atoms with Gasteiger partial charge in [0, 0.05) is 6.42 Å². The number of aliphatic hydroxyl groups is 1. The fourth-order valence-corrected chi connectivity index (χ4v) is 2.70. The van der Waals surface area contributed by atoms with Crippen LogP contribution in [0.2, 0.25) is 0 Å². The highest BCUT2D eigenvalue weighted by atomic mass is 16.5. The first-order valence-corrected chi connectivity index (χ1v) is 7.76. The van der Waals surface area contributed by atoms with Gasteiger partial charge in [0.1, 0.15) is 0 Å². The van der Waals surface area contributed by atoms with Crippen LogP contribution in [-0.4, -0.2) is 23.3 Å². The first-order chi connectivity index (χ1) is 11.0. The first-order valence-electron chi connectivity index (χ1n) is 7.76. The number of hydrogen-bond donors (Lipinski definition) is 1. The van der Waals surface area contributed by atoms with Crippen molar-refractivity contribution in [1.29, 1.82) is 0 Å². The van der Waals surface area contributed by atoms with E-state index in [-0.39, 0.29) is 12.6 Å². The molecule has 3 heteroatoms. The lowest BCUT2D eigenvalue weighted by molar-refractivity contribution is 0.0247. The van der Waals surface area contributed by atoms with Crippen molar-refractivity contribution >= 4 is 27.5 Å². The zero-order valence-electron chi connectivity index (χ0n) is 13.4. The Bertz CT molecular complexity index is 806. The van der Waals surface area contributed by atoms with Crippen LogP contribution in [0, 0.1) is 0 Å². The standard InChI is InChI=1S/C20H20O3/c1-20(2,22)11-12-23-19(21)18-16-9-5-3-7-14(16)13-15-8-4-6-10-17(15)18/h3-10,13,22H,11-12H2,1-2H3. The number of benzene rings is 3. The largest absolute Gasteiger partial charge is 0.462 e. The summed E-state index contributed by atoms with van der Waals surface area (Å²) in [5.74, 6) is -0.345. The summed E-state index contributed by atoms with van der Waals surface area (Å²) in [4.78, 5) is 12.7. The van der Waals surface area contributed by atoms with Crippen LogP contribution in [0.4, 0.5) is 0 Å². The molecule has 3 nitrogen and oxygen atoms in total. The average Bonchev–Trinajstić information content (AvgIpc) is 2.51. The number of carbonyl (C=O) groups is 1. The molecule has 1 N–H and O–H groups in total. The molecular formula is C20H20O3. The van der Waals surface area contributed by atoms with Crippen LogP contribution in [0.15, 0.2) is 54.6 Å². The molecule has 0 aliphatic carbocycles. The van der Waals surface area contributed by atoms with E-state index in [9.17, 15) is 9.90 Å². The van der Waals surface area contributed by atoms with Crippen LogP contribution in [0.3, 0.4) is 0 Å². The van der Waals surface area contributed by atoms with E-state index >= 15 is 0 Å². The maximum atomic E-state index is 12.7. The molecule has 3 rings (SSSR count). The summed E-state index contributed by atoms with van der Waals surface area (Å²) in [5, 5.41) is 13.6. The molecule has 3 aromatic rings. The van der Waals surface area contributed by atoms with E-state index in [1.54, 1.807) is 13.8 Å². The van der Waals surface area contributed by atoms with E-state index in [4.69, 9.17) is 4.74 Å². The van der Waals surface area contributed by atoms with Gasteiger partial charge in [-0.05, 0) is 41.5 Å². The summed E-state index contributed by atoms with van der Waals surface area (Å²) in [6, 6.07) is 17.7. The highest BCUT2D eigenvalue weighted by Gasteiger charge is 2.18. The number of hydrogen-bond acceptors (Lipinski definition) is 3.